The van der Waals surface area contributed by atoms with E-state index in [-0.39, 0.29) is 11.2 Å². The molecule has 4 heteroatoms. The van der Waals surface area contributed by atoms with Gasteiger partial charge in [0.15, 0.2) is 0 Å². The van der Waals surface area contributed by atoms with Crippen molar-refractivity contribution in [3.8, 4) is 0 Å². The minimum Gasteiger partial charge on any atom is -0.399 e. The van der Waals surface area contributed by atoms with Crippen LogP contribution in [0.25, 0.3) is 0 Å². The highest BCUT2D eigenvalue weighted by Crippen LogP contribution is 2.36. The maximum Gasteiger partial charge on any atom is 0.494 e. The topological polar surface area (TPSA) is 31.4 Å². The first-order chi connectivity index (χ1) is 8.23. The van der Waals surface area contributed by atoms with Gasteiger partial charge in [0.1, 0.15) is 0 Å². The lowest BCUT2D eigenvalue weighted by Gasteiger charge is -2.32. The van der Waals surface area contributed by atoms with Crippen LogP contribution in [-0.2, 0) is 9.31 Å². The van der Waals surface area contributed by atoms with Crippen LogP contribution in [0.3, 0.4) is 0 Å². The van der Waals surface area contributed by atoms with Gasteiger partial charge >= 0.3 is 7.12 Å². The van der Waals surface area contributed by atoms with Crippen molar-refractivity contribution in [2.75, 3.05) is 0 Å². The fourth-order valence-electron chi connectivity index (χ4n) is 1.59. The van der Waals surface area contributed by atoms with E-state index >= 15 is 0 Å². The van der Waals surface area contributed by atoms with Crippen LogP contribution in [0.5, 0.6) is 0 Å². The van der Waals surface area contributed by atoms with Crippen molar-refractivity contribution in [3.05, 3.63) is 24.0 Å². The SMILES string of the molecule is [2H]C([2H])c1cc(B2OC(C)(C)C(C)(C)O2)ccn1. The molecular formula is C12H18BNO2. The van der Waals surface area contributed by atoms with Gasteiger partial charge in [-0.3, -0.25) is 4.98 Å². The lowest BCUT2D eigenvalue weighted by atomic mass is 9.79. The molecule has 1 saturated heterocycles. The molecule has 1 aliphatic heterocycles. The Bertz CT molecular complexity index is 435. The van der Waals surface area contributed by atoms with Gasteiger partial charge in [0, 0.05) is 14.6 Å². The predicted octanol–water partition coefficient (Wildman–Crippen LogP) is 1.69. The summed E-state index contributed by atoms with van der Waals surface area (Å²) in [7, 11) is -0.463. The van der Waals surface area contributed by atoms with E-state index in [4.69, 9.17) is 12.1 Å². The molecule has 0 aliphatic carbocycles. The molecule has 1 aromatic heterocycles. The second kappa shape index (κ2) is 3.57. The molecule has 2 heterocycles. The summed E-state index contributed by atoms with van der Waals surface area (Å²) < 4.78 is 26.6. The third-order valence-electron chi connectivity index (χ3n) is 3.33. The predicted molar refractivity (Wildman–Crippen MR) is 64.7 cm³/mol. The van der Waals surface area contributed by atoms with Crippen LogP contribution in [0.2, 0.25) is 0 Å². The van der Waals surface area contributed by atoms with Crippen molar-refractivity contribution < 1.29 is 12.1 Å². The molecule has 1 aliphatic rings. The molecule has 0 N–H and O–H groups in total. The Labute approximate surface area is 100 Å². The first-order valence-corrected chi connectivity index (χ1v) is 5.39. The largest absolute Gasteiger partial charge is 0.494 e. The summed E-state index contributed by atoms with van der Waals surface area (Å²) in [6.07, 6.45) is 1.59. The summed E-state index contributed by atoms with van der Waals surface area (Å²) in [4.78, 5) is 4.00. The maximum absolute atomic E-state index is 7.36. The number of pyridine rings is 1. The van der Waals surface area contributed by atoms with E-state index in [0.717, 1.165) is 5.46 Å². The Morgan fingerprint density at radius 2 is 1.88 bits per heavy atom. The van der Waals surface area contributed by atoms with E-state index in [1.54, 1.807) is 18.3 Å². The van der Waals surface area contributed by atoms with Crippen LogP contribution in [0, 0.1) is 6.88 Å². The molecule has 0 atom stereocenters. The lowest BCUT2D eigenvalue weighted by molar-refractivity contribution is 0.00578. The monoisotopic (exact) mass is 221 g/mol. The zero-order valence-electron chi connectivity index (χ0n) is 12.2. The van der Waals surface area contributed by atoms with E-state index < -0.39 is 14.0 Å². The Morgan fingerprint density at radius 1 is 1.25 bits per heavy atom. The number of hydrogen-bond acceptors (Lipinski definition) is 3. The molecule has 0 saturated carbocycles. The molecule has 0 aromatic carbocycles. The molecule has 16 heavy (non-hydrogen) atoms. The van der Waals surface area contributed by atoms with Crippen LogP contribution in [0.4, 0.5) is 0 Å². The fraction of sp³-hybridized carbons (Fsp3) is 0.583. The second-order valence-electron chi connectivity index (χ2n) is 5.10. The molecule has 0 amide bonds. The van der Waals surface area contributed by atoms with Gasteiger partial charge in [-0.2, -0.15) is 0 Å². The van der Waals surface area contributed by atoms with Gasteiger partial charge in [-0.05, 0) is 52.2 Å². The Hall–Kier alpha value is -0.865. The molecule has 1 fully saturated rings. The summed E-state index contributed by atoms with van der Waals surface area (Å²) in [6, 6.07) is 3.50. The standard InChI is InChI=1S/C12H18BNO2/c1-9-8-10(6-7-14-9)13-15-11(2,3)12(4,5)16-13/h6-8H,1-5H3/i1D2. The number of nitrogens with zero attached hydrogens (tertiary/aromatic N) is 1. The number of aromatic nitrogens is 1. The summed E-state index contributed by atoms with van der Waals surface area (Å²) in [5.41, 5.74) is 0.440. The summed E-state index contributed by atoms with van der Waals surface area (Å²) >= 11 is 0. The zero-order chi connectivity index (χ0) is 13.6. The summed E-state index contributed by atoms with van der Waals surface area (Å²) in [5, 5.41) is 0. The quantitative estimate of drug-likeness (QED) is 0.676. The van der Waals surface area contributed by atoms with Gasteiger partial charge in [-0.25, -0.2) is 0 Å². The second-order valence-corrected chi connectivity index (χ2v) is 5.10. The molecular weight excluding hydrogens is 201 g/mol. The van der Waals surface area contributed by atoms with E-state index in [1.807, 2.05) is 27.7 Å². The average molecular weight is 221 g/mol. The van der Waals surface area contributed by atoms with Crippen molar-refractivity contribution in [1.82, 2.24) is 4.98 Å². The Morgan fingerprint density at radius 3 is 2.44 bits per heavy atom. The molecule has 0 spiro atoms. The number of hydrogen-bond donors (Lipinski definition) is 0. The van der Waals surface area contributed by atoms with Crippen LogP contribution < -0.4 is 5.46 Å². The van der Waals surface area contributed by atoms with Crippen LogP contribution in [0.15, 0.2) is 18.3 Å². The molecule has 86 valence electrons. The van der Waals surface area contributed by atoms with Gasteiger partial charge < -0.3 is 9.31 Å². The first-order valence-electron chi connectivity index (χ1n) is 6.54. The summed E-state index contributed by atoms with van der Waals surface area (Å²) in [5.74, 6) is 0. The third kappa shape index (κ3) is 1.87. The maximum atomic E-state index is 7.36. The number of aryl methyl sites for hydroxylation is 1. The Kier molecular flexibility index (Phi) is 2.05. The minimum absolute atomic E-state index is 0.386. The van der Waals surface area contributed by atoms with E-state index in [2.05, 4.69) is 4.98 Å². The molecule has 3 nitrogen and oxygen atoms in total. The highest BCUT2D eigenvalue weighted by molar-refractivity contribution is 6.62. The smallest absolute Gasteiger partial charge is 0.399 e. The van der Waals surface area contributed by atoms with Crippen molar-refractivity contribution in [2.24, 2.45) is 0 Å². The van der Waals surface area contributed by atoms with E-state index in [9.17, 15) is 0 Å². The highest BCUT2D eigenvalue weighted by Gasteiger charge is 2.51. The Balaban J connectivity index is 2.27. The lowest BCUT2D eigenvalue weighted by Crippen LogP contribution is -2.41. The molecule has 0 unspecified atom stereocenters. The van der Waals surface area contributed by atoms with Crippen molar-refractivity contribution >= 4 is 12.6 Å². The first kappa shape index (κ1) is 9.19. The van der Waals surface area contributed by atoms with Crippen LogP contribution in [-0.4, -0.2) is 23.3 Å². The third-order valence-corrected chi connectivity index (χ3v) is 3.33. The zero-order valence-corrected chi connectivity index (χ0v) is 10.2. The van der Waals surface area contributed by atoms with Gasteiger partial charge in [0.05, 0.1) is 11.2 Å². The minimum atomic E-state index is -1.09. The summed E-state index contributed by atoms with van der Waals surface area (Å²) in [6.45, 7) is 6.88. The van der Waals surface area contributed by atoms with Crippen molar-refractivity contribution in [2.45, 2.75) is 45.8 Å². The van der Waals surface area contributed by atoms with Crippen molar-refractivity contribution in [3.63, 3.8) is 0 Å². The number of rotatable bonds is 1. The molecule has 0 bridgehead atoms. The van der Waals surface area contributed by atoms with Gasteiger partial charge in [-0.15, -0.1) is 0 Å². The normalized spacial score (nSPS) is 24.4. The van der Waals surface area contributed by atoms with E-state index in [0.29, 0.717) is 5.69 Å². The molecule has 1 aromatic rings. The fourth-order valence-corrected chi connectivity index (χ4v) is 1.59. The van der Waals surface area contributed by atoms with Crippen LogP contribution in [0.1, 0.15) is 36.1 Å². The highest BCUT2D eigenvalue weighted by atomic mass is 16.7. The van der Waals surface area contributed by atoms with Gasteiger partial charge in [-0.1, -0.05) is 0 Å². The van der Waals surface area contributed by atoms with Crippen LogP contribution >= 0.6 is 0 Å². The van der Waals surface area contributed by atoms with E-state index in [1.165, 1.54) is 0 Å². The molecule has 2 rings (SSSR count). The average Bonchev–Trinajstić information content (AvgIpc) is 2.48. The van der Waals surface area contributed by atoms with Gasteiger partial charge in [0.25, 0.3) is 0 Å². The van der Waals surface area contributed by atoms with Crippen molar-refractivity contribution in [1.29, 1.82) is 0 Å². The van der Waals surface area contributed by atoms with Gasteiger partial charge in [0.2, 0.25) is 0 Å². The molecule has 0 radical (unpaired) electrons.